The third-order valence-corrected chi connectivity index (χ3v) is 3.53. The van der Waals surface area contributed by atoms with E-state index in [2.05, 4.69) is 35.8 Å². The molecule has 0 aromatic heterocycles. The average Bonchev–Trinajstić information content (AvgIpc) is 2.39. The summed E-state index contributed by atoms with van der Waals surface area (Å²) in [6.45, 7) is 4.61. The zero-order valence-corrected chi connectivity index (χ0v) is 12.6. The summed E-state index contributed by atoms with van der Waals surface area (Å²) in [6.07, 6.45) is 0.916. The fourth-order valence-electron chi connectivity index (χ4n) is 1.96. The minimum atomic E-state index is -0.227. The van der Waals surface area contributed by atoms with Gasteiger partial charge >= 0.3 is 0 Å². The molecule has 0 saturated carbocycles. The molecule has 0 saturated heterocycles. The van der Waals surface area contributed by atoms with Gasteiger partial charge in [0.2, 0.25) is 0 Å². The van der Waals surface area contributed by atoms with Crippen molar-refractivity contribution in [1.82, 2.24) is 0 Å². The van der Waals surface area contributed by atoms with E-state index >= 15 is 0 Å². The van der Waals surface area contributed by atoms with Crippen molar-refractivity contribution in [3.05, 3.63) is 63.4 Å². The normalized spacial score (nSPS) is 10.5. The molecule has 0 N–H and O–H groups in total. The van der Waals surface area contributed by atoms with Gasteiger partial charge in [0, 0.05) is 0 Å². The summed E-state index contributed by atoms with van der Waals surface area (Å²) in [5.74, 6) is 0.645. The molecule has 0 aliphatic rings. The van der Waals surface area contributed by atoms with Gasteiger partial charge in [-0.3, -0.25) is 0 Å². The summed E-state index contributed by atoms with van der Waals surface area (Å²) in [4.78, 5) is 0. The Balaban J connectivity index is 2.17. The Hall–Kier alpha value is -1.35. The minimum absolute atomic E-state index is 0.227. The molecule has 2 rings (SSSR count). The second-order valence-electron chi connectivity index (χ2n) is 4.50. The Morgan fingerprint density at radius 1 is 1.16 bits per heavy atom. The van der Waals surface area contributed by atoms with E-state index in [1.165, 1.54) is 23.3 Å². The van der Waals surface area contributed by atoms with Gasteiger partial charge in [0.05, 0.1) is 4.47 Å². The number of ether oxygens (including phenoxy) is 1. The van der Waals surface area contributed by atoms with E-state index in [1.54, 1.807) is 12.1 Å². The Kier molecular flexibility index (Phi) is 4.59. The number of aryl methyl sites for hydroxylation is 2. The van der Waals surface area contributed by atoms with E-state index in [0.717, 1.165) is 22.2 Å². The van der Waals surface area contributed by atoms with Crippen molar-refractivity contribution in [2.75, 3.05) is 0 Å². The van der Waals surface area contributed by atoms with Gasteiger partial charge < -0.3 is 4.74 Å². The van der Waals surface area contributed by atoms with Crippen molar-refractivity contribution >= 4 is 15.9 Å². The molecular formula is C16H16BrFO. The van der Waals surface area contributed by atoms with Gasteiger partial charge in [-0.25, -0.2) is 4.39 Å². The molecule has 0 unspecified atom stereocenters. The summed E-state index contributed by atoms with van der Waals surface area (Å²) in [7, 11) is 0. The van der Waals surface area contributed by atoms with Crippen molar-refractivity contribution in [2.24, 2.45) is 0 Å². The van der Waals surface area contributed by atoms with Crippen molar-refractivity contribution in [1.29, 1.82) is 0 Å². The van der Waals surface area contributed by atoms with Crippen LogP contribution in [0, 0.1) is 12.7 Å². The molecule has 0 atom stereocenters. The van der Waals surface area contributed by atoms with Gasteiger partial charge in [0.25, 0.3) is 0 Å². The largest absolute Gasteiger partial charge is 0.487 e. The number of rotatable bonds is 4. The van der Waals surface area contributed by atoms with Crippen LogP contribution in [0.3, 0.4) is 0 Å². The van der Waals surface area contributed by atoms with Gasteiger partial charge in [0.15, 0.2) is 0 Å². The first-order valence-electron chi connectivity index (χ1n) is 6.26. The maximum absolute atomic E-state index is 12.8. The topological polar surface area (TPSA) is 9.23 Å². The van der Waals surface area contributed by atoms with Crippen LogP contribution in [0.15, 0.2) is 40.9 Å². The fourth-order valence-corrected chi connectivity index (χ4v) is 2.69. The Bertz CT molecular complexity index is 564. The third-order valence-electron chi connectivity index (χ3n) is 2.94. The monoisotopic (exact) mass is 322 g/mol. The average molecular weight is 323 g/mol. The fraction of sp³-hybridized carbons (Fsp3) is 0.250. The lowest BCUT2D eigenvalue weighted by molar-refractivity contribution is 0.301. The second-order valence-corrected chi connectivity index (χ2v) is 5.36. The van der Waals surface area contributed by atoms with E-state index in [4.69, 9.17) is 4.74 Å². The highest BCUT2D eigenvalue weighted by molar-refractivity contribution is 9.10. The van der Waals surface area contributed by atoms with Gasteiger partial charge in [0.1, 0.15) is 18.2 Å². The van der Waals surface area contributed by atoms with Crippen LogP contribution < -0.4 is 4.74 Å². The van der Waals surface area contributed by atoms with Gasteiger partial charge in [-0.1, -0.05) is 25.1 Å². The predicted molar refractivity (Wildman–Crippen MR) is 79.0 cm³/mol. The summed E-state index contributed by atoms with van der Waals surface area (Å²) >= 11 is 3.54. The highest BCUT2D eigenvalue weighted by Crippen LogP contribution is 2.31. The van der Waals surface area contributed by atoms with Gasteiger partial charge in [-0.05, 0) is 64.2 Å². The van der Waals surface area contributed by atoms with Gasteiger partial charge in [-0.15, -0.1) is 0 Å². The van der Waals surface area contributed by atoms with Gasteiger partial charge in [-0.2, -0.15) is 0 Å². The summed E-state index contributed by atoms with van der Waals surface area (Å²) in [5, 5.41) is 0. The maximum Gasteiger partial charge on any atom is 0.137 e. The lowest BCUT2D eigenvalue weighted by atomic mass is 10.1. The van der Waals surface area contributed by atoms with Crippen LogP contribution in [0.1, 0.15) is 23.6 Å². The van der Waals surface area contributed by atoms with Crippen LogP contribution in [0.5, 0.6) is 5.75 Å². The quantitative estimate of drug-likeness (QED) is 0.766. The van der Waals surface area contributed by atoms with E-state index in [-0.39, 0.29) is 5.82 Å². The first kappa shape index (κ1) is 14.1. The maximum atomic E-state index is 12.8. The van der Waals surface area contributed by atoms with Crippen LogP contribution >= 0.6 is 15.9 Å². The lowest BCUT2D eigenvalue weighted by Gasteiger charge is -2.13. The molecule has 0 fully saturated rings. The number of halogens is 2. The molecule has 0 spiro atoms. The minimum Gasteiger partial charge on any atom is -0.487 e. The smallest absolute Gasteiger partial charge is 0.137 e. The molecule has 2 aromatic rings. The zero-order valence-electron chi connectivity index (χ0n) is 11.0. The zero-order chi connectivity index (χ0) is 13.8. The molecule has 3 heteroatoms. The molecule has 0 radical (unpaired) electrons. The Morgan fingerprint density at radius 2 is 1.84 bits per heavy atom. The number of benzene rings is 2. The molecule has 19 heavy (non-hydrogen) atoms. The van der Waals surface area contributed by atoms with Crippen molar-refractivity contribution in [3.63, 3.8) is 0 Å². The Labute approximate surface area is 121 Å². The summed E-state index contributed by atoms with van der Waals surface area (Å²) in [5.41, 5.74) is 3.34. The molecule has 0 heterocycles. The Morgan fingerprint density at radius 3 is 2.47 bits per heavy atom. The van der Waals surface area contributed by atoms with Crippen LogP contribution in [0.25, 0.3) is 0 Å². The number of hydrogen-bond donors (Lipinski definition) is 0. The van der Waals surface area contributed by atoms with Crippen molar-refractivity contribution in [3.8, 4) is 5.75 Å². The highest BCUT2D eigenvalue weighted by atomic mass is 79.9. The SMILES string of the molecule is CCc1cc(C)cc(Br)c1OCc1ccc(F)cc1. The molecule has 0 bridgehead atoms. The van der Waals surface area contributed by atoms with Crippen LogP contribution in [0.2, 0.25) is 0 Å². The molecule has 100 valence electrons. The van der Waals surface area contributed by atoms with E-state index < -0.39 is 0 Å². The molecule has 0 aliphatic heterocycles. The van der Waals surface area contributed by atoms with Crippen molar-refractivity contribution in [2.45, 2.75) is 26.9 Å². The molecule has 0 amide bonds. The lowest BCUT2D eigenvalue weighted by Crippen LogP contribution is -2.00. The summed E-state index contributed by atoms with van der Waals surface area (Å²) in [6, 6.07) is 10.5. The standard InChI is InChI=1S/C16H16BrFO/c1-3-13-8-11(2)9-15(17)16(13)19-10-12-4-6-14(18)7-5-12/h4-9H,3,10H2,1-2H3. The predicted octanol–water partition coefficient (Wildman–Crippen LogP) is 5.04. The first-order chi connectivity index (χ1) is 9.10. The second kappa shape index (κ2) is 6.20. The van der Waals surface area contributed by atoms with E-state index in [9.17, 15) is 4.39 Å². The number of hydrogen-bond acceptors (Lipinski definition) is 1. The van der Waals surface area contributed by atoms with Crippen LogP contribution in [-0.4, -0.2) is 0 Å². The van der Waals surface area contributed by atoms with Crippen LogP contribution in [-0.2, 0) is 13.0 Å². The first-order valence-corrected chi connectivity index (χ1v) is 7.05. The summed E-state index contributed by atoms with van der Waals surface area (Å²) < 4.78 is 19.7. The molecule has 0 aliphatic carbocycles. The third kappa shape index (κ3) is 3.57. The highest BCUT2D eigenvalue weighted by Gasteiger charge is 2.08. The van der Waals surface area contributed by atoms with Crippen molar-refractivity contribution < 1.29 is 9.13 Å². The van der Waals surface area contributed by atoms with Crippen LogP contribution in [0.4, 0.5) is 4.39 Å². The van der Waals surface area contributed by atoms with E-state index in [1.807, 2.05) is 6.07 Å². The van der Waals surface area contributed by atoms with E-state index in [0.29, 0.717) is 6.61 Å². The molecule has 2 aromatic carbocycles. The molecular weight excluding hydrogens is 307 g/mol. The molecule has 1 nitrogen and oxygen atoms in total.